The Labute approximate surface area is 174 Å². The van der Waals surface area contributed by atoms with Crippen LogP contribution in [-0.2, 0) is 16.4 Å². The van der Waals surface area contributed by atoms with Gasteiger partial charge < -0.3 is 4.98 Å². The molecule has 3 aromatic heterocycles. The first-order chi connectivity index (χ1) is 14.3. The summed E-state index contributed by atoms with van der Waals surface area (Å²) in [6.07, 6.45) is 3.65. The van der Waals surface area contributed by atoms with Gasteiger partial charge >= 0.3 is 0 Å². The molecule has 0 amide bonds. The van der Waals surface area contributed by atoms with Crippen LogP contribution < -0.4 is 4.72 Å². The van der Waals surface area contributed by atoms with Crippen LogP contribution >= 0.6 is 11.3 Å². The molecule has 0 saturated carbocycles. The average molecular weight is 447 g/mol. The van der Waals surface area contributed by atoms with E-state index >= 15 is 4.39 Å². The van der Waals surface area contributed by atoms with Crippen LogP contribution in [0.5, 0.6) is 0 Å². The molecule has 0 aliphatic rings. The molecule has 154 valence electrons. The van der Waals surface area contributed by atoms with Gasteiger partial charge in [0.25, 0.3) is 10.0 Å². The maximum atomic E-state index is 15.1. The summed E-state index contributed by atoms with van der Waals surface area (Å²) in [5, 5.41) is 1.99. The van der Waals surface area contributed by atoms with Gasteiger partial charge in [0.05, 0.1) is 11.3 Å². The number of carbonyl (C=O) groups is 1. The molecule has 4 rings (SSSR count). The number of H-pyrrole nitrogens is 1. The minimum atomic E-state index is -4.07. The maximum absolute atomic E-state index is 15.1. The molecule has 0 fully saturated rings. The zero-order chi connectivity index (χ0) is 21.5. The summed E-state index contributed by atoms with van der Waals surface area (Å²) in [5.74, 6) is -3.29. The Balaban J connectivity index is 1.78. The first kappa shape index (κ1) is 20.2. The number of halogens is 2. The molecule has 30 heavy (non-hydrogen) atoms. The second-order valence-corrected chi connectivity index (χ2v) is 9.30. The van der Waals surface area contributed by atoms with E-state index in [2.05, 4.69) is 14.7 Å². The number of thiophene rings is 1. The van der Waals surface area contributed by atoms with E-state index in [1.54, 1.807) is 17.6 Å². The third-order valence-corrected chi connectivity index (χ3v) is 7.33. The zero-order valence-electron chi connectivity index (χ0n) is 15.6. The summed E-state index contributed by atoms with van der Waals surface area (Å²) in [7, 11) is -4.07. The Morgan fingerprint density at radius 2 is 2.07 bits per heavy atom. The molecule has 0 bridgehead atoms. The van der Waals surface area contributed by atoms with Crippen molar-refractivity contribution in [3.05, 3.63) is 76.4 Å². The summed E-state index contributed by atoms with van der Waals surface area (Å²) in [6, 6.07) is 6.41. The van der Waals surface area contributed by atoms with E-state index in [-0.39, 0.29) is 9.77 Å². The van der Waals surface area contributed by atoms with Gasteiger partial charge in [-0.2, -0.15) is 0 Å². The van der Waals surface area contributed by atoms with Crippen molar-refractivity contribution in [2.24, 2.45) is 0 Å². The predicted octanol–water partition coefficient (Wildman–Crippen LogP) is 4.50. The molecule has 0 aliphatic heterocycles. The number of fused-ring (bicyclic) bond motifs is 1. The molecule has 0 aliphatic carbocycles. The molecule has 1 aromatic carbocycles. The highest BCUT2D eigenvalue weighted by Gasteiger charge is 2.26. The van der Waals surface area contributed by atoms with Crippen LogP contribution in [0.15, 0.2) is 52.3 Å². The fourth-order valence-corrected chi connectivity index (χ4v) is 5.07. The highest BCUT2D eigenvalue weighted by molar-refractivity contribution is 7.94. The number of nitrogens with one attached hydrogen (secondary N) is 2. The number of hydrogen-bond acceptors (Lipinski definition) is 5. The maximum Gasteiger partial charge on any atom is 0.271 e. The average Bonchev–Trinajstić information content (AvgIpc) is 3.40. The van der Waals surface area contributed by atoms with Crippen molar-refractivity contribution in [1.82, 2.24) is 9.97 Å². The normalized spacial score (nSPS) is 11.7. The van der Waals surface area contributed by atoms with Crippen LogP contribution in [0, 0.1) is 11.6 Å². The largest absolute Gasteiger partial charge is 0.345 e. The summed E-state index contributed by atoms with van der Waals surface area (Å²) < 4.78 is 56.4. The van der Waals surface area contributed by atoms with Crippen molar-refractivity contribution < 1.29 is 22.0 Å². The Morgan fingerprint density at radius 1 is 1.27 bits per heavy atom. The number of pyridine rings is 1. The number of rotatable bonds is 6. The summed E-state index contributed by atoms with van der Waals surface area (Å²) in [5.41, 5.74) is -0.0473. The van der Waals surface area contributed by atoms with Crippen molar-refractivity contribution in [3.63, 3.8) is 0 Å². The molecule has 6 nitrogen and oxygen atoms in total. The lowest BCUT2D eigenvalue weighted by molar-refractivity contribution is 0.103. The summed E-state index contributed by atoms with van der Waals surface area (Å²) >= 11 is 0.946. The van der Waals surface area contributed by atoms with E-state index in [0.29, 0.717) is 17.5 Å². The van der Waals surface area contributed by atoms with Gasteiger partial charge in [0.1, 0.15) is 15.7 Å². The van der Waals surface area contributed by atoms with Gasteiger partial charge in [-0.25, -0.2) is 22.2 Å². The number of aromatic nitrogens is 2. The number of benzene rings is 1. The molecule has 0 radical (unpaired) electrons. The van der Waals surface area contributed by atoms with Crippen molar-refractivity contribution in [1.29, 1.82) is 0 Å². The van der Waals surface area contributed by atoms with Crippen LogP contribution in [0.3, 0.4) is 0 Å². The quantitative estimate of drug-likeness (QED) is 0.426. The highest BCUT2D eigenvalue weighted by Crippen LogP contribution is 2.29. The van der Waals surface area contributed by atoms with Crippen LogP contribution in [0.2, 0.25) is 0 Å². The summed E-state index contributed by atoms with van der Waals surface area (Å²) in [6.45, 7) is 1.92. The van der Waals surface area contributed by atoms with Gasteiger partial charge in [-0.3, -0.25) is 9.52 Å². The van der Waals surface area contributed by atoms with Crippen molar-refractivity contribution in [2.45, 2.75) is 17.6 Å². The Hall–Kier alpha value is -3.11. The molecule has 0 unspecified atom stereocenters. The molecular formula is C20H15F2N3O3S2. The lowest BCUT2D eigenvalue weighted by Gasteiger charge is -2.11. The second kappa shape index (κ2) is 7.62. The molecule has 4 aromatic rings. The van der Waals surface area contributed by atoms with E-state index in [9.17, 15) is 17.6 Å². The number of ketones is 1. The van der Waals surface area contributed by atoms with E-state index in [1.165, 1.54) is 18.3 Å². The summed E-state index contributed by atoms with van der Waals surface area (Å²) in [4.78, 5) is 20.0. The zero-order valence-corrected chi connectivity index (χ0v) is 17.2. The number of aryl methyl sites for hydroxylation is 1. The first-order valence-corrected chi connectivity index (χ1v) is 11.2. The Morgan fingerprint density at radius 3 is 2.77 bits per heavy atom. The Bertz CT molecular complexity index is 1360. The second-order valence-electron chi connectivity index (χ2n) is 6.45. The molecule has 2 N–H and O–H groups in total. The predicted molar refractivity (Wildman–Crippen MR) is 110 cm³/mol. The van der Waals surface area contributed by atoms with E-state index in [4.69, 9.17) is 0 Å². The minimum Gasteiger partial charge on any atom is -0.345 e. The fourth-order valence-electron chi connectivity index (χ4n) is 3.01. The SMILES string of the molecule is CCc1cnc2[nH]cc(C(=O)c3c(F)ccc(NS(=O)(=O)c4cccs4)c3F)c2c1. The van der Waals surface area contributed by atoms with Gasteiger partial charge in [-0.1, -0.05) is 13.0 Å². The number of nitrogens with zero attached hydrogens (tertiary/aromatic N) is 1. The lowest BCUT2D eigenvalue weighted by Crippen LogP contribution is -2.15. The number of anilines is 1. The van der Waals surface area contributed by atoms with Crippen LogP contribution in [0.4, 0.5) is 14.5 Å². The van der Waals surface area contributed by atoms with Gasteiger partial charge in [0.2, 0.25) is 5.78 Å². The molecule has 0 spiro atoms. The minimum absolute atomic E-state index is 0.0334. The van der Waals surface area contributed by atoms with Crippen molar-refractivity contribution >= 4 is 43.9 Å². The highest BCUT2D eigenvalue weighted by atomic mass is 32.2. The standard InChI is InChI=1S/C20H15F2N3O3S2/c1-2-11-8-12-13(10-24-20(12)23-9-11)19(26)17-14(21)5-6-15(18(17)22)25-30(27,28)16-4-3-7-29-16/h3-10,25H,2H2,1H3,(H,23,24). The number of aromatic amines is 1. The molecular weight excluding hydrogens is 432 g/mol. The third-order valence-electron chi connectivity index (χ3n) is 4.56. The number of sulfonamides is 1. The molecule has 0 saturated heterocycles. The van der Waals surface area contributed by atoms with Crippen molar-refractivity contribution in [2.75, 3.05) is 4.72 Å². The number of carbonyl (C=O) groups excluding carboxylic acids is 1. The van der Waals surface area contributed by atoms with Crippen LogP contribution in [0.25, 0.3) is 11.0 Å². The Kier molecular flexibility index (Phi) is 5.12. The fraction of sp³-hybridized carbons (Fsp3) is 0.100. The van der Waals surface area contributed by atoms with Crippen LogP contribution in [-0.4, -0.2) is 24.2 Å². The van der Waals surface area contributed by atoms with Gasteiger partial charge in [-0.15, -0.1) is 11.3 Å². The van der Waals surface area contributed by atoms with Gasteiger partial charge in [0, 0.05) is 23.3 Å². The molecule has 3 heterocycles. The lowest BCUT2D eigenvalue weighted by atomic mass is 10.0. The van der Waals surface area contributed by atoms with E-state index < -0.39 is 38.7 Å². The first-order valence-electron chi connectivity index (χ1n) is 8.87. The number of hydrogen-bond donors (Lipinski definition) is 2. The molecule has 0 atom stereocenters. The molecule has 10 heteroatoms. The van der Waals surface area contributed by atoms with E-state index in [0.717, 1.165) is 29.0 Å². The van der Waals surface area contributed by atoms with Gasteiger partial charge in [-0.05, 0) is 41.6 Å². The van der Waals surface area contributed by atoms with Gasteiger partial charge in [0.15, 0.2) is 5.82 Å². The van der Waals surface area contributed by atoms with Crippen LogP contribution in [0.1, 0.15) is 28.4 Å². The third kappa shape index (κ3) is 3.48. The monoisotopic (exact) mass is 447 g/mol. The smallest absolute Gasteiger partial charge is 0.271 e. The van der Waals surface area contributed by atoms with E-state index in [1.807, 2.05) is 6.92 Å². The topological polar surface area (TPSA) is 91.9 Å². The van der Waals surface area contributed by atoms with Crippen molar-refractivity contribution in [3.8, 4) is 0 Å².